The fourth-order valence-corrected chi connectivity index (χ4v) is 1.10. The molecule has 0 aliphatic heterocycles. The van der Waals surface area contributed by atoms with Gasteiger partial charge in [0.25, 0.3) is 0 Å². The van der Waals surface area contributed by atoms with Crippen LogP contribution in [0.25, 0.3) is 0 Å². The lowest BCUT2D eigenvalue weighted by Gasteiger charge is -2.05. The highest BCUT2D eigenvalue weighted by molar-refractivity contribution is 6.30. The molecule has 1 rings (SSSR count). The lowest BCUT2D eigenvalue weighted by atomic mass is 10.3. The summed E-state index contributed by atoms with van der Waals surface area (Å²) in [6.07, 6.45) is 1.53. The van der Waals surface area contributed by atoms with Gasteiger partial charge in [-0.2, -0.15) is 0 Å². The maximum absolute atomic E-state index is 11.2. The van der Waals surface area contributed by atoms with Crippen LogP contribution in [0.4, 0.5) is 5.69 Å². The Hall–Kier alpha value is -1.13. The third-order valence-electron chi connectivity index (χ3n) is 1.64. The van der Waals surface area contributed by atoms with E-state index < -0.39 is 0 Å². The van der Waals surface area contributed by atoms with Crippen molar-refractivity contribution in [2.75, 3.05) is 18.9 Å². The van der Waals surface area contributed by atoms with Crippen molar-refractivity contribution in [1.29, 1.82) is 0 Å². The fourth-order valence-electron chi connectivity index (χ4n) is 0.992. The molecule has 1 amide bonds. The molecule has 0 atom stereocenters. The van der Waals surface area contributed by atoms with Gasteiger partial charge in [-0.15, -0.1) is 0 Å². The average Bonchev–Trinajstić information content (AvgIpc) is 2.12. The van der Waals surface area contributed by atoms with Crippen molar-refractivity contribution in [3.63, 3.8) is 0 Å². The van der Waals surface area contributed by atoms with Gasteiger partial charge in [-0.3, -0.25) is 4.79 Å². The van der Waals surface area contributed by atoms with Crippen LogP contribution in [0.1, 0.15) is 5.56 Å². The van der Waals surface area contributed by atoms with Crippen molar-refractivity contribution >= 4 is 23.2 Å². The van der Waals surface area contributed by atoms with Crippen molar-refractivity contribution in [2.24, 2.45) is 0 Å². The second-order valence-corrected chi connectivity index (χ2v) is 3.27. The Morgan fingerprint density at radius 3 is 2.93 bits per heavy atom. The van der Waals surface area contributed by atoms with Gasteiger partial charge in [-0.25, -0.2) is 4.98 Å². The van der Waals surface area contributed by atoms with Gasteiger partial charge in [-0.05, 0) is 25.6 Å². The molecule has 0 bridgehead atoms. The number of likely N-dealkylation sites (N-methyl/N-ethyl adjacent to an activating group) is 1. The molecule has 5 heteroatoms. The van der Waals surface area contributed by atoms with E-state index in [1.54, 1.807) is 13.1 Å². The zero-order valence-corrected chi connectivity index (χ0v) is 8.85. The molecule has 0 saturated carbocycles. The molecule has 1 aromatic rings. The zero-order chi connectivity index (χ0) is 10.6. The van der Waals surface area contributed by atoms with Crippen LogP contribution in [-0.2, 0) is 4.79 Å². The van der Waals surface area contributed by atoms with Crippen molar-refractivity contribution in [3.05, 3.63) is 23.0 Å². The first-order chi connectivity index (χ1) is 6.63. The average molecular weight is 214 g/mol. The predicted octanol–water partition coefficient (Wildman–Crippen LogP) is 1.20. The molecule has 0 fully saturated rings. The highest BCUT2D eigenvalue weighted by atomic mass is 35.5. The molecule has 2 N–H and O–H groups in total. The lowest BCUT2D eigenvalue weighted by Crippen LogP contribution is -2.25. The molecule has 1 aromatic heterocycles. The zero-order valence-electron chi connectivity index (χ0n) is 8.10. The van der Waals surface area contributed by atoms with Gasteiger partial charge < -0.3 is 10.6 Å². The summed E-state index contributed by atoms with van der Waals surface area (Å²) in [6.45, 7) is 2.12. The Bertz CT molecular complexity index is 341. The molecular formula is C9H12ClN3O. The number of rotatable bonds is 3. The van der Waals surface area contributed by atoms with Crippen LogP contribution < -0.4 is 10.6 Å². The number of aryl methyl sites for hydroxylation is 1. The Balaban J connectivity index is 2.68. The summed E-state index contributed by atoms with van der Waals surface area (Å²) in [6, 6.07) is 1.78. The minimum atomic E-state index is -0.101. The number of hydrogen-bond donors (Lipinski definition) is 2. The van der Waals surface area contributed by atoms with E-state index in [1.165, 1.54) is 6.20 Å². The van der Waals surface area contributed by atoms with Gasteiger partial charge in [-0.1, -0.05) is 11.6 Å². The Morgan fingerprint density at radius 1 is 1.64 bits per heavy atom. The third-order valence-corrected chi connectivity index (χ3v) is 2.03. The van der Waals surface area contributed by atoms with Crippen LogP contribution in [0.15, 0.2) is 12.3 Å². The van der Waals surface area contributed by atoms with Gasteiger partial charge >= 0.3 is 0 Å². The Labute approximate surface area is 87.7 Å². The quantitative estimate of drug-likeness (QED) is 0.742. The van der Waals surface area contributed by atoms with E-state index in [1.807, 2.05) is 6.92 Å². The number of pyridine rings is 1. The molecule has 0 radical (unpaired) electrons. The van der Waals surface area contributed by atoms with Crippen LogP contribution in [0.3, 0.4) is 0 Å². The minimum absolute atomic E-state index is 0.101. The molecule has 0 spiro atoms. The van der Waals surface area contributed by atoms with Crippen LogP contribution in [-0.4, -0.2) is 24.5 Å². The number of anilines is 1. The third kappa shape index (κ3) is 2.97. The Morgan fingerprint density at radius 2 is 2.36 bits per heavy atom. The lowest BCUT2D eigenvalue weighted by molar-refractivity contribution is -0.115. The SMILES string of the molecule is CNCC(=O)Nc1cnc(Cl)c(C)c1. The summed E-state index contributed by atoms with van der Waals surface area (Å²) in [7, 11) is 1.71. The van der Waals surface area contributed by atoms with E-state index in [9.17, 15) is 4.79 Å². The van der Waals surface area contributed by atoms with Gasteiger partial charge in [0, 0.05) is 0 Å². The first-order valence-electron chi connectivity index (χ1n) is 4.20. The predicted molar refractivity (Wildman–Crippen MR) is 56.5 cm³/mol. The minimum Gasteiger partial charge on any atom is -0.324 e. The number of hydrogen-bond acceptors (Lipinski definition) is 3. The molecule has 4 nitrogen and oxygen atoms in total. The van der Waals surface area contributed by atoms with Crippen LogP contribution in [0, 0.1) is 6.92 Å². The molecule has 0 aliphatic rings. The number of halogens is 1. The standard InChI is InChI=1S/C9H12ClN3O/c1-6-3-7(4-12-9(6)10)13-8(14)5-11-2/h3-4,11H,5H2,1-2H3,(H,13,14). The van der Waals surface area contributed by atoms with Gasteiger partial charge in [0.1, 0.15) is 5.15 Å². The molecule has 0 saturated heterocycles. The Kier molecular flexibility index (Phi) is 3.85. The second-order valence-electron chi connectivity index (χ2n) is 2.91. The molecule has 0 aromatic carbocycles. The van der Waals surface area contributed by atoms with E-state index in [0.29, 0.717) is 10.8 Å². The largest absolute Gasteiger partial charge is 0.324 e. The van der Waals surface area contributed by atoms with E-state index in [0.717, 1.165) is 5.56 Å². The molecule has 76 valence electrons. The fraction of sp³-hybridized carbons (Fsp3) is 0.333. The normalized spacial score (nSPS) is 9.93. The number of nitrogens with one attached hydrogen (secondary N) is 2. The van der Waals surface area contributed by atoms with Crippen molar-refractivity contribution in [1.82, 2.24) is 10.3 Å². The second kappa shape index (κ2) is 4.93. The summed E-state index contributed by atoms with van der Waals surface area (Å²) in [5, 5.41) is 5.90. The maximum Gasteiger partial charge on any atom is 0.238 e. The molecule has 0 unspecified atom stereocenters. The topological polar surface area (TPSA) is 54.0 Å². The first kappa shape index (κ1) is 10.9. The summed E-state index contributed by atoms with van der Waals surface area (Å²) in [5.41, 5.74) is 1.50. The highest BCUT2D eigenvalue weighted by Crippen LogP contribution is 2.15. The molecule has 1 heterocycles. The number of aromatic nitrogens is 1. The summed E-state index contributed by atoms with van der Waals surface area (Å²) < 4.78 is 0. The van der Waals surface area contributed by atoms with E-state index in [4.69, 9.17) is 11.6 Å². The van der Waals surface area contributed by atoms with Crippen LogP contribution >= 0.6 is 11.6 Å². The monoisotopic (exact) mass is 213 g/mol. The van der Waals surface area contributed by atoms with Gasteiger partial charge in [0.15, 0.2) is 0 Å². The first-order valence-corrected chi connectivity index (χ1v) is 4.58. The van der Waals surface area contributed by atoms with E-state index in [2.05, 4.69) is 15.6 Å². The molecular weight excluding hydrogens is 202 g/mol. The van der Waals surface area contributed by atoms with Crippen molar-refractivity contribution in [2.45, 2.75) is 6.92 Å². The summed E-state index contributed by atoms with van der Waals surface area (Å²) >= 11 is 5.74. The van der Waals surface area contributed by atoms with E-state index >= 15 is 0 Å². The van der Waals surface area contributed by atoms with Crippen LogP contribution in [0.5, 0.6) is 0 Å². The summed E-state index contributed by atoms with van der Waals surface area (Å²) in [5.74, 6) is -0.101. The van der Waals surface area contributed by atoms with Crippen molar-refractivity contribution < 1.29 is 4.79 Å². The summed E-state index contributed by atoms with van der Waals surface area (Å²) in [4.78, 5) is 15.1. The van der Waals surface area contributed by atoms with Gasteiger partial charge in [0.2, 0.25) is 5.91 Å². The molecule has 14 heavy (non-hydrogen) atoms. The van der Waals surface area contributed by atoms with E-state index in [-0.39, 0.29) is 12.5 Å². The number of carbonyl (C=O) groups excluding carboxylic acids is 1. The van der Waals surface area contributed by atoms with Crippen molar-refractivity contribution in [3.8, 4) is 0 Å². The van der Waals surface area contributed by atoms with Crippen LogP contribution in [0.2, 0.25) is 5.15 Å². The number of carbonyl (C=O) groups is 1. The highest BCUT2D eigenvalue weighted by Gasteiger charge is 2.02. The molecule has 0 aliphatic carbocycles. The number of amides is 1. The van der Waals surface area contributed by atoms with Gasteiger partial charge in [0.05, 0.1) is 18.4 Å². The maximum atomic E-state index is 11.2. The number of nitrogens with zero attached hydrogens (tertiary/aromatic N) is 1. The smallest absolute Gasteiger partial charge is 0.238 e.